The molecular weight excluding hydrogens is 278 g/mol. The standard InChI is InChI=1S/C14H16BrNO/c1-9-4-3-5-12(14(9)15)13-7-6-11(17-13)8-10(2)16/h3-7,10H,8,16H2,1-2H3. The molecule has 0 amide bonds. The third-order valence-electron chi connectivity index (χ3n) is 2.64. The van der Waals surface area contributed by atoms with Crippen LogP contribution in [0.4, 0.5) is 0 Å². The Labute approximate surface area is 110 Å². The zero-order valence-electron chi connectivity index (χ0n) is 10.0. The number of nitrogens with two attached hydrogens (primary N) is 1. The molecule has 1 aromatic carbocycles. The van der Waals surface area contributed by atoms with E-state index in [9.17, 15) is 0 Å². The lowest BCUT2D eigenvalue weighted by Gasteiger charge is -2.04. The van der Waals surface area contributed by atoms with Crippen LogP contribution in [0.1, 0.15) is 18.2 Å². The van der Waals surface area contributed by atoms with Gasteiger partial charge in [0.1, 0.15) is 11.5 Å². The van der Waals surface area contributed by atoms with Crippen LogP contribution in [0.5, 0.6) is 0 Å². The Bertz CT molecular complexity index is 517. The first-order valence-corrected chi connectivity index (χ1v) is 6.47. The maximum Gasteiger partial charge on any atom is 0.135 e. The molecule has 0 aliphatic carbocycles. The van der Waals surface area contributed by atoms with Gasteiger partial charge in [-0.2, -0.15) is 0 Å². The third-order valence-corrected chi connectivity index (χ3v) is 3.69. The largest absolute Gasteiger partial charge is 0.461 e. The zero-order chi connectivity index (χ0) is 12.4. The first-order chi connectivity index (χ1) is 8.08. The summed E-state index contributed by atoms with van der Waals surface area (Å²) >= 11 is 3.59. The molecule has 3 heteroatoms. The van der Waals surface area contributed by atoms with Crippen LogP contribution in [-0.2, 0) is 6.42 Å². The summed E-state index contributed by atoms with van der Waals surface area (Å²) in [6.45, 7) is 4.05. The molecule has 17 heavy (non-hydrogen) atoms. The lowest BCUT2D eigenvalue weighted by molar-refractivity contribution is 0.503. The van der Waals surface area contributed by atoms with Gasteiger partial charge in [0, 0.05) is 22.5 Å². The van der Waals surface area contributed by atoms with E-state index < -0.39 is 0 Å². The van der Waals surface area contributed by atoms with Gasteiger partial charge in [-0.25, -0.2) is 0 Å². The second kappa shape index (κ2) is 5.07. The topological polar surface area (TPSA) is 39.2 Å². The van der Waals surface area contributed by atoms with Crippen molar-refractivity contribution in [3.63, 3.8) is 0 Å². The highest BCUT2D eigenvalue weighted by Crippen LogP contribution is 2.32. The quantitative estimate of drug-likeness (QED) is 0.932. The van der Waals surface area contributed by atoms with E-state index in [1.54, 1.807) is 0 Å². The molecule has 0 aliphatic heterocycles. The van der Waals surface area contributed by atoms with Crippen LogP contribution in [-0.4, -0.2) is 6.04 Å². The second-order valence-electron chi connectivity index (χ2n) is 4.38. The number of hydrogen-bond acceptors (Lipinski definition) is 2. The molecule has 0 aliphatic rings. The lowest BCUT2D eigenvalue weighted by Crippen LogP contribution is -2.17. The van der Waals surface area contributed by atoms with Crippen molar-refractivity contribution >= 4 is 15.9 Å². The molecule has 1 heterocycles. The molecule has 0 radical (unpaired) electrons. The van der Waals surface area contributed by atoms with Crippen LogP contribution in [0.2, 0.25) is 0 Å². The summed E-state index contributed by atoms with van der Waals surface area (Å²) in [5.41, 5.74) is 8.04. The van der Waals surface area contributed by atoms with E-state index in [4.69, 9.17) is 10.2 Å². The van der Waals surface area contributed by atoms with Crippen LogP contribution in [0.25, 0.3) is 11.3 Å². The number of benzene rings is 1. The van der Waals surface area contributed by atoms with Crippen molar-refractivity contribution in [2.45, 2.75) is 26.3 Å². The van der Waals surface area contributed by atoms with Crippen LogP contribution in [0.15, 0.2) is 39.2 Å². The van der Waals surface area contributed by atoms with Crippen LogP contribution < -0.4 is 5.73 Å². The summed E-state index contributed by atoms with van der Waals surface area (Å²) in [6, 6.07) is 10.3. The molecule has 1 atom stereocenters. The van der Waals surface area contributed by atoms with Gasteiger partial charge < -0.3 is 10.2 Å². The molecule has 0 saturated heterocycles. The maximum atomic E-state index is 5.81. The molecule has 2 nitrogen and oxygen atoms in total. The Morgan fingerprint density at radius 3 is 2.76 bits per heavy atom. The van der Waals surface area contributed by atoms with E-state index in [2.05, 4.69) is 28.9 Å². The normalized spacial score (nSPS) is 12.7. The van der Waals surface area contributed by atoms with E-state index >= 15 is 0 Å². The zero-order valence-corrected chi connectivity index (χ0v) is 11.6. The van der Waals surface area contributed by atoms with Crippen molar-refractivity contribution in [3.05, 3.63) is 46.1 Å². The number of hydrogen-bond donors (Lipinski definition) is 1. The highest BCUT2D eigenvalue weighted by molar-refractivity contribution is 9.10. The summed E-state index contributed by atoms with van der Waals surface area (Å²) in [5, 5.41) is 0. The predicted octanol–water partition coefficient (Wildman–Crippen LogP) is 3.91. The molecule has 0 spiro atoms. The van der Waals surface area contributed by atoms with Gasteiger partial charge in [-0.1, -0.05) is 18.2 Å². The fourth-order valence-corrected chi connectivity index (χ4v) is 2.25. The second-order valence-corrected chi connectivity index (χ2v) is 5.18. The Kier molecular flexibility index (Phi) is 3.69. The van der Waals surface area contributed by atoms with E-state index in [0.29, 0.717) is 0 Å². The van der Waals surface area contributed by atoms with E-state index in [1.807, 2.05) is 31.2 Å². The Morgan fingerprint density at radius 2 is 2.06 bits per heavy atom. The van der Waals surface area contributed by atoms with Crippen molar-refractivity contribution in [1.29, 1.82) is 0 Å². The molecule has 0 fully saturated rings. The summed E-state index contributed by atoms with van der Waals surface area (Å²) in [7, 11) is 0. The number of halogens is 1. The van der Waals surface area contributed by atoms with Gasteiger partial charge in [-0.15, -0.1) is 0 Å². The molecule has 0 bridgehead atoms. The van der Waals surface area contributed by atoms with Gasteiger partial charge in [0.15, 0.2) is 0 Å². The van der Waals surface area contributed by atoms with Crippen molar-refractivity contribution in [1.82, 2.24) is 0 Å². The predicted molar refractivity (Wildman–Crippen MR) is 73.9 cm³/mol. The van der Waals surface area contributed by atoms with Crippen molar-refractivity contribution in [2.24, 2.45) is 5.73 Å². The van der Waals surface area contributed by atoms with Crippen molar-refractivity contribution < 1.29 is 4.42 Å². The monoisotopic (exact) mass is 293 g/mol. The maximum absolute atomic E-state index is 5.81. The highest BCUT2D eigenvalue weighted by atomic mass is 79.9. The third kappa shape index (κ3) is 2.79. The summed E-state index contributed by atoms with van der Waals surface area (Å²) in [4.78, 5) is 0. The minimum Gasteiger partial charge on any atom is -0.461 e. The molecule has 0 saturated carbocycles. The fourth-order valence-electron chi connectivity index (χ4n) is 1.79. The Hall–Kier alpha value is -1.06. The summed E-state index contributed by atoms with van der Waals surface area (Å²) < 4.78 is 6.89. The Morgan fingerprint density at radius 1 is 1.29 bits per heavy atom. The van der Waals surface area contributed by atoms with Gasteiger partial charge in [0.2, 0.25) is 0 Å². The summed E-state index contributed by atoms with van der Waals surface area (Å²) in [5.74, 6) is 1.82. The molecule has 2 rings (SSSR count). The SMILES string of the molecule is Cc1cccc(-c2ccc(CC(C)N)o2)c1Br. The van der Waals surface area contributed by atoms with Crippen LogP contribution >= 0.6 is 15.9 Å². The number of aryl methyl sites for hydroxylation is 1. The molecule has 2 aromatic rings. The van der Waals surface area contributed by atoms with Crippen LogP contribution in [0, 0.1) is 6.92 Å². The van der Waals surface area contributed by atoms with Gasteiger partial charge in [0.05, 0.1) is 0 Å². The van der Waals surface area contributed by atoms with E-state index in [1.165, 1.54) is 5.56 Å². The lowest BCUT2D eigenvalue weighted by atomic mass is 10.1. The van der Waals surface area contributed by atoms with Crippen molar-refractivity contribution in [3.8, 4) is 11.3 Å². The van der Waals surface area contributed by atoms with Gasteiger partial charge in [-0.3, -0.25) is 0 Å². The van der Waals surface area contributed by atoms with E-state index in [-0.39, 0.29) is 6.04 Å². The Balaban J connectivity index is 2.34. The minimum atomic E-state index is 0.120. The smallest absolute Gasteiger partial charge is 0.135 e. The first kappa shape index (κ1) is 12.4. The number of rotatable bonds is 3. The molecule has 2 N–H and O–H groups in total. The van der Waals surface area contributed by atoms with Gasteiger partial charge in [0.25, 0.3) is 0 Å². The molecule has 1 unspecified atom stereocenters. The number of furan rings is 1. The van der Waals surface area contributed by atoms with Gasteiger partial charge >= 0.3 is 0 Å². The van der Waals surface area contributed by atoms with Crippen molar-refractivity contribution in [2.75, 3.05) is 0 Å². The average Bonchev–Trinajstić information content (AvgIpc) is 2.69. The minimum absolute atomic E-state index is 0.120. The van der Waals surface area contributed by atoms with E-state index in [0.717, 1.165) is 28.0 Å². The molecule has 90 valence electrons. The average molecular weight is 294 g/mol. The highest BCUT2D eigenvalue weighted by Gasteiger charge is 2.10. The van der Waals surface area contributed by atoms with Crippen LogP contribution in [0.3, 0.4) is 0 Å². The fraction of sp³-hybridized carbons (Fsp3) is 0.286. The molecular formula is C14H16BrNO. The summed E-state index contributed by atoms with van der Waals surface area (Å²) in [6.07, 6.45) is 0.767. The molecule has 1 aromatic heterocycles. The van der Waals surface area contributed by atoms with Gasteiger partial charge in [-0.05, 0) is 47.5 Å². The first-order valence-electron chi connectivity index (χ1n) is 5.67.